The van der Waals surface area contributed by atoms with Gasteiger partial charge in [-0.2, -0.15) is 13.2 Å². The van der Waals surface area contributed by atoms with Gasteiger partial charge < -0.3 is 11.1 Å². The van der Waals surface area contributed by atoms with Crippen LogP contribution in [0.4, 0.5) is 29.3 Å². The summed E-state index contributed by atoms with van der Waals surface area (Å²) in [5.41, 5.74) is 4.20. The quantitative estimate of drug-likeness (QED) is 0.741. The highest BCUT2D eigenvalue weighted by Gasteiger charge is 2.34. The topological polar surface area (TPSA) is 58.4 Å². The number of nitrogens with zero attached hydrogens (tertiary/aromatic N) is 1. The number of carbonyl (C=O) groups excluding carboxylic acids is 1. The van der Waals surface area contributed by atoms with Crippen molar-refractivity contribution in [2.24, 2.45) is 0 Å². The molecule has 7 heteroatoms. The first-order chi connectivity index (χ1) is 7.89. The van der Waals surface area contributed by atoms with Crippen LogP contribution in [0.2, 0.25) is 0 Å². The number of rotatable bonds is 1. The maximum absolute atomic E-state index is 12.6. The predicted octanol–water partition coefficient (Wildman–Crippen LogP) is 1.82. The van der Waals surface area contributed by atoms with Crippen LogP contribution in [0.15, 0.2) is 18.2 Å². The van der Waals surface area contributed by atoms with Gasteiger partial charge >= 0.3 is 12.2 Å². The van der Waals surface area contributed by atoms with Crippen LogP contribution >= 0.6 is 0 Å². The van der Waals surface area contributed by atoms with Crippen molar-refractivity contribution in [1.29, 1.82) is 0 Å². The van der Waals surface area contributed by atoms with Gasteiger partial charge in [0, 0.05) is 24.5 Å². The Balaban J connectivity index is 2.41. The van der Waals surface area contributed by atoms with Crippen molar-refractivity contribution in [2.75, 3.05) is 23.7 Å². The number of alkyl halides is 3. The molecular weight excluding hydrogens is 235 g/mol. The minimum absolute atomic E-state index is 0.196. The minimum atomic E-state index is -4.52. The molecule has 1 aliphatic rings. The summed E-state index contributed by atoms with van der Waals surface area (Å²) in [4.78, 5) is 12.6. The standard InChI is InChI=1S/C10H10F3N3O/c11-10(12,13)7-5-6(1-2-8(7)14)16-4-3-15-9(16)17/h1-2,5H,3-4,14H2,(H,15,17). The van der Waals surface area contributed by atoms with Crippen LogP contribution in [0.5, 0.6) is 0 Å². The first-order valence-corrected chi connectivity index (χ1v) is 4.91. The number of nitrogens with one attached hydrogen (secondary N) is 1. The van der Waals surface area contributed by atoms with E-state index in [-0.39, 0.29) is 11.4 Å². The van der Waals surface area contributed by atoms with E-state index in [1.165, 1.54) is 11.0 Å². The summed E-state index contributed by atoms with van der Waals surface area (Å²) < 4.78 is 37.8. The molecule has 1 heterocycles. The van der Waals surface area contributed by atoms with Crippen molar-refractivity contribution in [3.8, 4) is 0 Å². The van der Waals surface area contributed by atoms with E-state index in [4.69, 9.17) is 5.73 Å². The number of urea groups is 1. The van der Waals surface area contributed by atoms with Crippen molar-refractivity contribution in [3.63, 3.8) is 0 Å². The van der Waals surface area contributed by atoms with E-state index >= 15 is 0 Å². The fourth-order valence-corrected chi connectivity index (χ4v) is 1.68. The molecule has 1 saturated heterocycles. The monoisotopic (exact) mass is 245 g/mol. The smallest absolute Gasteiger partial charge is 0.398 e. The van der Waals surface area contributed by atoms with Gasteiger partial charge in [-0.05, 0) is 18.2 Å². The van der Waals surface area contributed by atoms with Crippen LogP contribution in [0.25, 0.3) is 0 Å². The number of nitrogens with two attached hydrogens (primary N) is 1. The summed E-state index contributed by atoms with van der Waals surface area (Å²) in [7, 11) is 0. The Labute approximate surface area is 95.2 Å². The van der Waals surface area contributed by atoms with Crippen LogP contribution in [-0.4, -0.2) is 19.1 Å². The third-order valence-electron chi connectivity index (χ3n) is 2.51. The van der Waals surface area contributed by atoms with Crippen molar-refractivity contribution in [2.45, 2.75) is 6.18 Å². The third-order valence-corrected chi connectivity index (χ3v) is 2.51. The van der Waals surface area contributed by atoms with Crippen molar-refractivity contribution in [3.05, 3.63) is 23.8 Å². The first-order valence-electron chi connectivity index (χ1n) is 4.91. The molecule has 0 aliphatic carbocycles. The van der Waals surface area contributed by atoms with Gasteiger partial charge in [-0.25, -0.2) is 4.79 Å². The van der Waals surface area contributed by atoms with E-state index < -0.39 is 17.8 Å². The van der Waals surface area contributed by atoms with Gasteiger partial charge in [0.2, 0.25) is 0 Å². The first kappa shape index (κ1) is 11.6. The highest BCUT2D eigenvalue weighted by Crippen LogP contribution is 2.36. The zero-order valence-electron chi connectivity index (χ0n) is 8.71. The highest BCUT2D eigenvalue weighted by molar-refractivity contribution is 5.94. The molecule has 1 aliphatic heterocycles. The maximum atomic E-state index is 12.6. The van der Waals surface area contributed by atoms with E-state index in [0.717, 1.165) is 12.1 Å². The zero-order chi connectivity index (χ0) is 12.6. The highest BCUT2D eigenvalue weighted by atomic mass is 19.4. The molecule has 1 fully saturated rings. The predicted molar refractivity (Wildman–Crippen MR) is 56.6 cm³/mol. The van der Waals surface area contributed by atoms with Gasteiger partial charge in [0.05, 0.1) is 5.56 Å². The molecule has 0 saturated carbocycles. The average Bonchev–Trinajstić information content (AvgIpc) is 2.63. The fraction of sp³-hybridized carbons (Fsp3) is 0.300. The molecule has 2 amide bonds. The summed E-state index contributed by atoms with van der Waals surface area (Å²) in [6.07, 6.45) is -4.52. The second-order valence-corrected chi connectivity index (χ2v) is 3.65. The van der Waals surface area contributed by atoms with Crippen molar-refractivity contribution < 1.29 is 18.0 Å². The van der Waals surface area contributed by atoms with E-state index in [9.17, 15) is 18.0 Å². The van der Waals surface area contributed by atoms with Crippen LogP contribution in [0, 0.1) is 0 Å². The Hall–Kier alpha value is -1.92. The number of benzene rings is 1. The van der Waals surface area contributed by atoms with E-state index in [1.54, 1.807) is 0 Å². The molecule has 4 nitrogen and oxygen atoms in total. The van der Waals surface area contributed by atoms with E-state index in [1.807, 2.05) is 0 Å². The van der Waals surface area contributed by atoms with Gasteiger partial charge in [0.25, 0.3) is 0 Å². The Bertz CT molecular complexity index is 459. The molecule has 2 rings (SSSR count). The second kappa shape index (κ2) is 3.83. The van der Waals surface area contributed by atoms with E-state index in [0.29, 0.717) is 13.1 Å². The summed E-state index contributed by atoms with van der Waals surface area (Å²) in [6.45, 7) is 0.768. The summed E-state index contributed by atoms with van der Waals surface area (Å²) in [6, 6.07) is 3.04. The van der Waals surface area contributed by atoms with Crippen LogP contribution in [0.1, 0.15) is 5.56 Å². The van der Waals surface area contributed by atoms with Crippen LogP contribution in [0.3, 0.4) is 0 Å². The van der Waals surface area contributed by atoms with Gasteiger partial charge in [0.1, 0.15) is 0 Å². The molecule has 0 bridgehead atoms. The van der Waals surface area contributed by atoms with Crippen molar-refractivity contribution >= 4 is 17.4 Å². The molecule has 92 valence electrons. The van der Waals surface area contributed by atoms with Crippen LogP contribution in [-0.2, 0) is 6.18 Å². The van der Waals surface area contributed by atoms with E-state index in [2.05, 4.69) is 5.32 Å². The number of halogens is 3. The normalized spacial score (nSPS) is 16.2. The SMILES string of the molecule is Nc1ccc(N2CCNC2=O)cc1C(F)(F)F. The second-order valence-electron chi connectivity index (χ2n) is 3.65. The lowest BCUT2D eigenvalue weighted by Gasteiger charge is -2.17. The molecule has 0 atom stereocenters. The summed E-state index contributed by atoms with van der Waals surface area (Å²) >= 11 is 0. The minimum Gasteiger partial charge on any atom is -0.398 e. The zero-order valence-corrected chi connectivity index (χ0v) is 8.71. The number of nitrogen functional groups attached to an aromatic ring is 1. The summed E-state index contributed by atoms with van der Waals surface area (Å²) in [5, 5.41) is 2.52. The van der Waals surface area contributed by atoms with Gasteiger partial charge in [-0.3, -0.25) is 4.90 Å². The van der Waals surface area contributed by atoms with Gasteiger partial charge in [-0.15, -0.1) is 0 Å². The molecule has 1 aromatic carbocycles. The third kappa shape index (κ3) is 2.13. The Morgan fingerprint density at radius 1 is 1.35 bits per heavy atom. The maximum Gasteiger partial charge on any atom is 0.418 e. The number of carbonyl (C=O) groups is 1. The number of hydrogen-bond donors (Lipinski definition) is 2. The largest absolute Gasteiger partial charge is 0.418 e. The summed E-state index contributed by atoms with van der Waals surface area (Å²) in [5.74, 6) is 0. The number of anilines is 2. The number of amides is 2. The lowest BCUT2D eigenvalue weighted by molar-refractivity contribution is -0.136. The Kier molecular flexibility index (Phi) is 2.60. The lowest BCUT2D eigenvalue weighted by atomic mass is 10.1. The molecule has 0 unspecified atom stereocenters. The fourth-order valence-electron chi connectivity index (χ4n) is 1.68. The average molecular weight is 245 g/mol. The molecule has 0 aromatic heterocycles. The lowest BCUT2D eigenvalue weighted by Crippen LogP contribution is -2.28. The molecule has 3 N–H and O–H groups in total. The molecule has 1 aromatic rings. The molecule has 0 spiro atoms. The van der Waals surface area contributed by atoms with Crippen molar-refractivity contribution in [1.82, 2.24) is 5.32 Å². The number of hydrogen-bond acceptors (Lipinski definition) is 2. The van der Waals surface area contributed by atoms with Gasteiger partial charge in [0.15, 0.2) is 0 Å². The molecule has 0 radical (unpaired) electrons. The van der Waals surface area contributed by atoms with Gasteiger partial charge in [-0.1, -0.05) is 0 Å². The Morgan fingerprint density at radius 2 is 2.06 bits per heavy atom. The Morgan fingerprint density at radius 3 is 2.59 bits per heavy atom. The van der Waals surface area contributed by atoms with Crippen LogP contribution < -0.4 is 16.0 Å². The molecule has 17 heavy (non-hydrogen) atoms. The molecular formula is C10H10F3N3O.